The fourth-order valence-corrected chi connectivity index (χ4v) is 0.901. The lowest BCUT2D eigenvalue weighted by Crippen LogP contribution is -2.12. The normalized spacial score (nSPS) is 10.3. The van der Waals surface area contributed by atoms with E-state index in [9.17, 15) is 9.59 Å². The minimum Gasteiger partial charge on any atom is -0.499 e. The summed E-state index contributed by atoms with van der Waals surface area (Å²) in [5.41, 5.74) is 0. The maximum absolute atomic E-state index is 10.9. The van der Waals surface area contributed by atoms with Gasteiger partial charge in [0.1, 0.15) is 13.2 Å². The quantitative estimate of drug-likeness (QED) is 0.238. The van der Waals surface area contributed by atoms with E-state index >= 15 is 0 Å². The van der Waals surface area contributed by atoms with Crippen molar-refractivity contribution < 1.29 is 33.6 Å². The van der Waals surface area contributed by atoms with Gasteiger partial charge in [-0.05, 0) is 0 Å². The molecule has 0 fully saturated rings. The Hall–Kier alpha value is -1.86. The van der Waals surface area contributed by atoms with Gasteiger partial charge in [-0.25, -0.2) is 9.59 Å². The van der Waals surface area contributed by atoms with E-state index in [1.807, 2.05) is 0 Å². The predicted molar refractivity (Wildman–Crippen MR) is 65.5 cm³/mol. The van der Waals surface area contributed by atoms with Crippen LogP contribution in [-0.2, 0) is 28.5 Å². The topological polar surface area (TPSA) is 91.3 Å². The Bertz CT molecular complexity index is 298. The molecule has 0 aromatic heterocycles. The van der Waals surface area contributed by atoms with Crippen LogP contribution < -0.4 is 0 Å². The van der Waals surface area contributed by atoms with Gasteiger partial charge in [0.15, 0.2) is 0 Å². The van der Waals surface area contributed by atoms with E-state index in [0.29, 0.717) is 32.5 Å². The van der Waals surface area contributed by atoms with E-state index in [1.54, 1.807) is 0 Å². The molecule has 7 nitrogen and oxygen atoms in total. The molecule has 7 heteroatoms. The Kier molecular flexibility index (Phi) is 11.4. The first kappa shape index (κ1) is 17.1. The summed E-state index contributed by atoms with van der Waals surface area (Å²) in [4.78, 5) is 21.0. The van der Waals surface area contributed by atoms with Crippen LogP contribution in [0.4, 0.5) is 0 Å². The zero-order chi connectivity index (χ0) is 14.3. The molecule has 0 spiro atoms. The Morgan fingerprint density at radius 2 is 1.53 bits per heavy atom. The fourth-order valence-electron chi connectivity index (χ4n) is 0.901. The number of esters is 1. The minimum atomic E-state index is -1.20. The fraction of sp³-hybridized carbons (Fsp3) is 0.500. The van der Waals surface area contributed by atoms with Gasteiger partial charge in [-0.1, -0.05) is 6.58 Å². The minimum absolute atomic E-state index is 0.0579. The molecule has 0 saturated heterocycles. The van der Waals surface area contributed by atoms with E-state index in [1.165, 1.54) is 6.26 Å². The number of carbonyl (C=O) groups excluding carboxylic acids is 1. The molecule has 0 heterocycles. The van der Waals surface area contributed by atoms with Crippen LogP contribution in [0.3, 0.4) is 0 Å². The van der Waals surface area contributed by atoms with Crippen molar-refractivity contribution in [3.05, 3.63) is 25.0 Å². The molecule has 0 aliphatic rings. The molecule has 0 radical (unpaired) electrons. The van der Waals surface area contributed by atoms with Gasteiger partial charge in [-0.15, -0.1) is 0 Å². The maximum Gasteiger partial charge on any atom is 0.331 e. The lowest BCUT2D eigenvalue weighted by molar-refractivity contribution is -0.140. The summed E-state index contributed by atoms with van der Waals surface area (Å²) in [6, 6.07) is 0. The monoisotopic (exact) mass is 274 g/mol. The summed E-state index contributed by atoms with van der Waals surface area (Å²) in [6.07, 6.45) is 2.89. The summed E-state index contributed by atoms with van der Waals surface area (Å²) in [5.74, 6) is -1.92. The number of carboxylic acids is 1. The highest BCUT2D eigenvalue weighted by Crippen LogP contribution is 1.85. The van der Waals surface area contributed by atoms with Crippen molar-refractivity contribution in [2.45, 2.75) is 0 Å². The van der Waals surface area contributed by atoms with Crippen molar-refractivity contribution in [3.63, 3.8) is 0 Å². The van der Waals surface area contributed by atoms with Gasteiger partial charge in [-0.2, -0.15) is 0 Å². The Morgan fingerprint density at radius 1 is 0.947 bits per heavy atom. The number of aliphatic carboxylic acids is 1. The van der Waals surface area contributed by atoms with Crippen molar-refractivity contribution in [1.29, 1.82) is 0 Å². The number of carbonyl (C=O) groups is 2. The van der Waals surface area contributed by atoms with Crippen LogP contribution in [0.2, 0.25) is 0 Å². The zero-order valence-corrected chi connectivity index (χ0v) is 10.6. The van der Waals surface area contributed by atoms with Gasteiger partial charge in [0.05, 0.1) is 32.7 Å². The van der Waals surface area contributed by atoms with Gasteiger partial charge < -0.3 is 24.1 Å². The van der Waals surface area contributed by atoms with Crippen LogP contribution in [0.5, 0.6) is 0 Å². The summed E-state index contributed by atoms with van der Waals surface area (Å²) in [5, 5.41) is 8.26. The molecular weight excluding hydrogens is 256 g/mol. The average molecular weight is 274 g/mol. The molecule has 0 aromatic rings. The molecular formula is C12H18O7. The van der Waals surface area contributed by atoms with Crippen LogP contribution in [0.1, 0.15) is 0 Å². The summed E-state index contributed by atoms with van der Waals surface area (Å²) in [7, 11) is 0. The first-order valence-corrected chi connectivity index (χ1v) is 5.62. The number of rotatable bonds is 12. The van der Waals surface area contributed by atoms with E-state index in [-0.39, 0.29) is 13.2 Å². The first-order valence-electron chi connectivity index (χ1n) is 5.62. The lowest BCUT2D eigenvalue weighted by Gasteiger charge is -2.05. The second kappa shape index (κ2) is 12.6. The van der Waals surface area contributed by atoms with E-state index in [0.717, 1.165) is 6.08 Å². The van der Waals surface area contributed by atoms with E-state index < -0.39 is 11.9 Å². The van der Waals surface area contributed by atoms with Crippen LogP contribution in [0, 0.1) is 0 Å². The summed E-state index contributed by atoms with van der Waals surface area (Å²) < 4.78 is 19.8. The molecule has 0 rings (SSSR count). The number of ether oxygens (including phenoxy) is 4. The molecule has 0 unspecified atom stereocenters. The summed E-state index contributed by atoms with van der Waals surface area (Å²) >= 11 is 0. The molecule has 19 heavy (non-hydrogen) atoms. The smallest absolute Gasteiger partial charge is 0.331 e. The van der Waals surface area contributed by atoms with E-state index in [4.69, 9.17) is 19.3 Å². The molecule has 0 atom stereocenters. The molecule has 0 amide bonds. The van der Waals surface area contributed by atoms with Gasteiger partial charge >= 0.3 is 11.9 Å². The van der Waals surface area contributed by atoms with Crippen molar-refractivity contribution in [1.82, 2.24) is 0 Å². The highest BCUT2D eigenvalue weighted by Gasteiger charge is 1.98. The highest BCUT2D eigenvalue weighted by molar-refractivity contribution is 5.90. The maximum atomic E-state index is 10.9. The van der Waals surface area contributed by atoms with Crippen molar-refractivity contribution in [2.75, 3.05) is 39.6 Å². The molecule has 1 N–H and O–H groups in total. The van der Waals surface area contributed by atoms with Crippen LogP contribution in [-0.4, -0.2) is 56.7 Å². The third-order valence-electron chi connectivity index (χ3n) is 1.67. The molecule has 0 aliphatic heterocycles. The second-order valence-electron chi connectivity index (χ2n) is 3.10. The Labute approximate surface area is 111 Å². The zero-order valence-electron chi connectivity index (χ0n) is 10.6. The predicted octanol–water partition coefficient (Wildman–Crippen LogP) is 0.364. The Morgan fingerprint density at radius 3 is 2.11 bits per heavy atom. The molecule has 0 aromatic carbocycles. The highest BCUT2D eigenvalue weighted by atomic mass is 16.6. The largest absolute Gasteiger partial charge is 0.499 e. The number of hydrogen-bond acceptors (Lipinski definition) is 6. The van der Waals surface area contributed by atoms with Crippen LogP contribution >= 0.6 is 0 Å². The molecule has 0 saturated carbocycles. The molecule has 0 bridgehead atoms. The van der Waals surface area contributed by atoms with Crippen molar-refractivity contribution >= 4 is 11.9 Å². The third-order valence-corrected chi connectivity index (χ3v) is 1.67. The van der Waals surface area contributed by atoms with Gasteiger partial charge in [0.2, 0.25) is 0 Å². The Balaban J connectivity index is 3.24. The van der Waals surface area contributed by atoms with Crippen molar-refractivity contribution in [2.24, 2.45) is 0 Å². The van der Waals surface area contributed by atoms with Gasteiger partial charge in [-0.3, -0.25) is 0 Å². The average Bonchev–Trinajstić information content (AvgIpc) is 2.38. The standard InChI is InChI=1S/C12H18O7/c1-2-16-5-6-17-7-8-18-9-10-19-12(15)4-3-11(13)14/h2-4H,1,5-10H2,(H,13,14)/b4-3+. The van der Waals surface area contributed by atoms with Gasteiger partial charge in [0.25, 0.3) is 0 Å². The number of hydrogen-bond donors (Lipinski definition) is 1. The summed E-state index contributed by atoms with van der Waals surface area (Å²) in [6.45, 7) is 5.34. The first-order chi connectivity index (χ1) is 9.16. The molecule has 108 valence electrons. The van der Waals surface area contributed by atoms with Crippen LogP contribution in [0.25, 0.3) is 0 Å². The van der Waals surface area contributed by atoms with E-state index in [2.05, 4.69) is 11.3 Å². The SMILES string of the molecule is C=COCCOCCOCCOC(=O)/C=C/C(=O)O. The van der Waals surface area contributed by atoms with Crippen LogP contribution in [0.15, 0.2) is 25.0 Å². The van der Waals surface area contributed by atoms with Crippen molar-refractivity contribution in [3.8, 4) is 0 Å². The lowest BCUT2D eigenvalue weighted by atomic mass is 10.5. The second-order valence-corrected chi connectivity index (χ2v) is 3.10. The molecule has 0 aliphatic carbocycles. The number of carboxylic acid groups (broad SMARTS) is 1. The van der Waals surface area contributed by atoms with Gasteiger partial charge in [0, 0.05) is 12.2 Å². The third kappa shape index (κ3) is 14.1.